The molecule has 7 atom stereocenters. The minimum absolute atomic E-state index is 0.106. The maximum absolute atomic E-state index is 10.2. The van der Waals surface area contributed by atoms with Crippen LogP contribution in [0.1, 0.15) is 82.7 Å². The van der Waals surface area contributed by atoms with Crippen molar-refractivity contribution in [1.82, 2.24) is 4.98 Å². The third-order valence-corrected chi connectivity index (χ3v) is 9.07. The summed E-state index contributed by atoms with van der Waals surface area (Å²) in [6, 6.07) is 0. The van der Waals surface area contributed by atoms with E-state index in [-0.39, 0.29) is 6.10 Å². The van der Waals surface area contributed by atoms with Gasteiger partial charge in [0.25, 0.3) is 0 Å². The van der Waals surface area contributed by atoms with Crippen LogP contribution in [0.4, 0.5) is 0 Å². The molecule has 3 nitrogen and oxygen atoms in total. The number of aryl methyl sites for hydroxylation is 1. The molecule has 1 aromatic rings. The molecule has 4 aliphatic carbocycles. The Morgan fingerprint density at radius 2 is 1.96 bits per heavy atom. The average molecular weight is 356 g/mol. The van der Waals surface area contributed by atoms with Crippen molar-refractivity contribution in [3.8, 4) is 0 Å². The van der Waals surface area contributed by atoms with Gasteiger partial charge in [0.05, 0.1) is 11.8 Å². The van der Waals surface area contributed by atoms with E-state index in [4.69, 9.17) is 9.40 Å². The zero-order valence-electron chi connectivity index (χ0n) is 16.5. The van der Waals surface area contributed by atoms with Crippen LogP contribution in [0.5, 0.6) is 0 Å². The minimum atomic E-state index is -0.106. The van der Waals surface area contributed by atoms with Crippen LogP contribution >= 0.6 is 0 Å². The molecule has 0 aromatic carbocycles. The van der Waals surface area contributed by atoms with E-state index in [0.29, 0.717) is 16.7 Å². The van der Waals surface area contributed by atoms with E-state index < -0.39 is 0 Å². The first kappa shape index (κ1) is 17.0. The maximum Gasteiger partial charge on any atom is 0.191 e. The molecule has 0 bridgehead atoms. The van der Waals surface area contributed by atoms with Crippen molar-refractivity contribution < 1.29 is 9.52 Å². The van der Waals surface area contributed by atoms with Gasteiger partial charge in [0.2, 0.25) is 0 Å². The third-order valence-electron chi connectivity index (χ3n) is 9.07. The average Bonchev–Trinajstić information content (AvgIpc) is 3.18. The van der Waals surface area contributed by atoms with Gasteiger partial charge in [0.15, 0.2) is 5.89 Å². The highest BCUT2D eigenvalue weighted by Crippen LogP contribution is 2.67. The number of aromatic nitrogens is 1. The van der Waals surface area contributed by atoms with E-state index >= 15 is 0 Å². The molecule has 5 unspecified atom stereocenters. The highest BCUT2D eigenvalue weighted by atomic mass is 16.3. The fraction of sp³-hybridized carbons (Fsp3) is 0.783. The molecule has 1 aromatic heterocycles. The van der Waals surface area contributed by atoms with Crippen molar-refractivity contribution in [3.05, 3.63) is 29.5 Å². The maximum atomic E-state index is 10.2. The van der Waals surface area contributed by atoms with Crippen LogP contribution in [-0.4, -0.2) is 16.2 Å². The highest BCUT2D eigenvalue weighted by Gasteiger charge is 2.59. The predicted molar refractivity (Wildman–Crippen MR) is 102 cm³/mol. The Balaban J connectivity index is 1.46. The van der Waals surface area contributed by atoms with Crippen LogP contribution in [0.15, 0.2) is 22.3 Å². The van der Waals surface area contributed by atoms with E-state index in [2.05, 4.69) is 19.9 Å². The molecule has 4 aliphatic rings. The van der Waals surface area contributed by atoms with Gasteiger partial charge in [-0.05, 0) is 80.0 Å². The molecule has 26 heavy (non-hydrogen) atoms. The molecule has 5 rings (SSSR count). The lowest BCUT2D eigenvalue weighted by Gasteiger charge is -2.58. The molecule has 0 amide bonds. The molecular weight excluding hydrogens is 322 g/mol. The second-order valence-electron chi connectivity index (χ2n) is 10.1. The van der Waals surface area contributed by atoms with Crippen LogP contribution in [-0.2, 0) is 0 Å². The summed E-state index contributed by atoms with van der Waals surface area (Å²) in [7, 11) is 0. The Kier molecular flexibility index (Phi) is 3.74. The molecule has 3 fully saturated rings. The molecule has 0 saturated heterocycles. The van der Waals surface area contributed by atoms with E-state index in [1.807, 2.05) is 13.2 Å². The number of aliphatic hydroxyl groups excluding tert-OH is 1. The number of allylic oxidation sites excluding steroid dienone is 1. The second kappa shape index (κ2) is 5.70. The molecule has 3 saturated carbocycles. The summed E-state index contributed by atoms with van der Waals surface area (Å²) in [5.41, 5.74) is 3.49. The van der Waals surface area contributed by atoms with Gasteiger partial charge in [0, 0.05) is 12.8 Å². The number of hydrogen-bond donors (Lipinski definition) is 1. The summed E-state index contributed by atoms with van der Waals surface area (Å²) < 4.78 is 5.56. The van der Waals surface area contributed by atoms with Crippen molar-refractivity contribution in [2.75, 3.05) is 0 Å². The smallest absolute Gasteiger partial charge is 0.191 e. The third kappa shape index (κ3) is 2.25. The first-order valence-corrected chi connectivity index (χ1v) is 10.7. The highest BCUT2D eigenvalue weighted by molar-refractivity contribution is 5.26. The van der Waals surface area contributed by atoms with Gasteiger partial charge in [-0.3, -0.25) is 0 Å². The lowest BCUT2D eigenvalue weighted by atomic mass is 9.47. The van der Waals surface area contributed by atoms with Gasteiger partial charge in [0.1, 0.15) is 6.26 Å². The van der Waals surface area contributed by atoms with E-state index in [1.54, 1.807) is 5.57 Å². The summed E-state index contributed by atoms with van der Waals surface area (Å²) in [5, 5.41) is 10.2. The van der Waals surface area contributed by atoms with Gasteiger partial charge >= 0.3 is 0 Å². The monoisotopic (exact) mass is 355 g/mol. The molecule has 3 heteroatoms. The van der Waals surface area contributed by atoms with Gasteiger partial charge < -0.3 is 9.52 Å². The first-order valence-electron chi connectivity index (χ1n) is 10.7. The van der Waals surface area contributed by atoms with Gasteiger partial charge in [-0.25, -0.2) is 4.98 Å². The zero-order valence-corrected chi connectivity index (χ0v) is 16.5. The van der Waals surface area contributed by atoms with Crippen molar-refractivity contribution in [3.63, 3.8) is 0 Å². The molecule has 0 aliphatic heterocycles. The number of nitrogens with zero attached hydrogens (tertiary/aromatic N) is 1. The molecule has 0 radical (unpaired) electrons. The van der Waals surface area contributed by atoms with E-state index in [1.165, 1.54) is 44.2 Å². The van der Waals surface area contributed by atoms with Gasteiger partial charge in [-0.2, -0.15) is 0 Å². The minimum Gasteiger partial charge on any atom is -0.449 e. The Morgan fingerprint density at radius 3 is 2.73 bits per heavy atom. The SMILES string of the molecule is Cc1nc(C2CCC3C4CC=C5CC(O)CC[C@]5(C)C4CC[C@]23C)co1. The van der Waals surface area contributed by atoms with Crippen molar-refractivity contribution in [2.45, 2.75) is 84.2 Å². The summed E-state index contributed by atoms with van der Waals surface area (Å²) in [6.45, 7) is 7.01. The van der Waals surface area contributed by atoms with Crippen LogP contribution < -0.4 is 0 Å². The van der Waals surface area contributed by atoms with Crippen molar-refractivity contribution in [2.24, 2.45) is 28.6 Å². The van der Waals surface area contributed by atoms with Crippen molar-refractivity contribution >= 4 is 0 Å². The fourth-order valence-corrected chi connectivity index (χ4v) is 7.67. The molecule has 142 valence electrons. The number of rotatable bonds is 1. The molecule has 1 N–H and O–H groups in total. The van der Waals surface area contributed by atoms with Gasteiger partial charge in [-0.15, -0.1) is 0 Å². The summed E-state index contributed by atoms with van der Waals surface area (Å²) in [6.07, 6.45) is 13.9. The zero-order chi connectivity index (χ0) is 18.1. The molecule has 1 heterocycles. The molecule has 0 spiro atoms. The summed E-state index contributed by atoms with van der Waals surface area (Å²) in [4.78, 5) is 4.71. The standard InChI is InChI=1S/C23H33NO2/c1-14-24-21(13-26-14)20-7-6-18-17-5-4-15-12-16(25)8-10-22(15,2)19(17)9-11-23(18,20)3/h4,13,16-20,25H,5-12H2,1-3H3/t16?,17?,18?,19?,20?,22-,23-/m0/s1. The summed E-state index contributed by atoms with van der Waals surface area (Å²) >= 11 is 0. The number of aliphatic hydroxyl groups is 1. The molecular formula is C23H33NO2. The lowest BCUT2D eigenvalue weighted by molar-refractivity contribution is -0.0412. The fourth-order valence-electron chi connectivity index (χ4n) is 7.67. The van der Waals surface area contributed by atoms with Crippen LogP contribution in [0.3, 0.4) is 0 Å². The number of oxazole rings is 1. The Hall–Kier alpha value is -1.09. The second-order valence-corrected chi connectivity index (χ2v) is 10.1. The normalized spacial score (nSPS) is 47.7. The number of hydrogen-bond acceptors (Lipinski definition) is 3. The lowest BCUT2D eigenvalue weighted by Crippen LogP contribution is -2.50. The predicted octanol–water partition coefficient (Wildman–Crippen LogP) is 5.39. The Bertz CT molecular complexity index is 736. The Labute approximate surface area is 157 Å². The Morgan fingerprint density at radius 1 is 1.12 bits per heavy atom. The number of fused-ring (bicyclic) bond motifs is 5. The first-order chi connectivity index (χ1) is 12.4. The van der Waals surface area contributed by atoms with E-state index in [9.17, 15) is 5.11 Å². The topological polar surface area (TPSA) is 46.3 Å². The van der Waals surface area contributed by atoms with Crippen LogP contribution in [0.25, 0.3) is 0 Å². The van der Waals surface area contributed by atoms with Crippen LogP contribution in [0.2, 0.25) is 0 Å². The van der Waals surface area contributed by atoms with Crippen LogP contribution in [0, 0.1) is 35.5 Å². The largest absolute Gasteiger partial charge is 0.449 e. The summed E-state index contributed by atoms with van der Waals surface area (Å²) in [5.74, 6) is 3.81. The quantitative estimate of drug-likeness (QED) is 0.687. The van der Waals surface area contributed by atoms with Crippen molar-refractivity contribution in [1.29, 1.82) is 0 Å². The van der Waals surface area contributed by atoms with E-state index in [0.717, 1.165) is 36.5 Å². The van der Waals surface area contributed by atoms with Gasteiger partial charge in [-0.1, -0.05) is 25.5 Å².